The van der Waals surface area contributed by atoms with E-state index in [1.165, 1.54) is 18.9 Å². The van der Waals surface area contributed by atoms with Crippen molar-refractivity contribution in [3.8, 4) is 0 Å². The molecule has 0 bridgehead atoms. The first-order valence-electron chi connectivity index (χ1n) is 5.83. The lowest BCUT2D eigenvalue weighted by Gasteiger charge is -2.11. The van der Waals surface area contributed by atoms with Gasteiger partial charge >= 0.3 is 0 Å². The highest BCUT2D eigenvalue weighted by molar-refractivity contribution is 7.89. The van der Waals surface area contributed by atoms with E-state index in [-0.39, 0.29) is 4.90 Å². The molecular weight excluding hydrogens is 258 g/mol. The summed E-state index contributed by atoms with van der Waals surface area (Å²) in [5, 5.41) is 0.439. The fourth-order valence-corrected chi connectivity index (χ4v) is 3.58. The number of benzene rings is 1. The molecule has 17 heavy (non-hydrogen) atoms. The van der Waals surface area contributed by atoms with Crippen molar-refractivity contribution >= 4 is 21.6 Å². The first kappa shape index (κ1) is 12.9. The molecule has 0 aromatic heterocycles. The van der Waals surface area contributed by atoms with E-state index >= 15 is 0 Å². The van der Waals surface area contributed by atoms with Gasteiger partial charge in [-0.2, -0.15) is 0 Å². The predicted octanol–water partition coefficient (Wildman–Crippen LogP) is 2.81. The van der Waals surface area contributed by atoms with E-state index in [0.717, 1.165) is 12.8 Å². The second-order valence-electron chi connectivity index (χ2n) is 4.46. The Morgan fingerprint density at radius 3 is 2.65 bits per heavy atom. The predicted molar refractivity (Wildman–Crippen MR) is 68.6 cm³/mol. The van der Waals surface area contributed by atoms with Crippen molar-refractivity contribution < 1.29 is 8.42 Å². The van der Waals surface area contributed by atoms with Gasteiger partial charge in [0.15, 0.2) is 0 Å². The molecule has 1 aromatic carbocycles. The van der Waals surface area contributed by atoms with Gasteiger partial charge in [0.05, 0.1) is 4.90 Å². The molecule has 0 amide bonds. The van der Waals surface area contributed by atoms with Crippen LogP contribution in [0.3, 0.4) is 0 Å². The second kappa shape index (κ2) is 5.38. The Kier molecular flexibility index (Phi) is 4.07. The second-order valence-corrected chi connectivity index (χ2v) is 6.66. The molecule has 0 aliphatic heterocycles. The Labute approximate surface area is 107 Å². The number of sulfonamides is 1. The van der Waals surface area contributed by atoms with Gasteiger partial charge in [-0.25, -0.2) is 13.1 Å². The molecule has 1 saturated carbocycles. The Hall–Kier alpha value is -0.580. The van der Waals surface area contributed by atoms with Crippen molar-refractivity contribution in [2.24, 2.45) is 5.92 Å². The van der Waals surface area contributed by atoms with Gasteiger partial charge in [0, 0.05) is 11.6 Å². The van der Waals surface area contributed by atoms with Crippen LogP contribution in [0.15, 0.2) is 29.2 Å². The van der Waals surface area contributed by atoms with Crippen molar-refractivity contribution in [3.05, 3.63) is 29.3 Å². The summed E-state index contributed by atoms with van der Waals surface area (Å²) in [6.07, 6.45) is 4.67. The highest BCUT2D eigenvalue weighted by Crippen LogP contribution is 2.24. The van der Waals surface area contributed by atoms with Crippen molar-refractivity contribution in [2.45, 2.75) is 30.6 Å². The quantitative estimate of drug-likeness (QED) is 0.917. The lowest BCUT2D eigenvalue weighted by atomic mass is 10.1. The minimum atomic E-state index is -3.40. The summed E-state index contributed by atoms with van der Waals surface area (Å²) in [6, 6.07) is 6.34. The van der Waals surface area contributed by atoms with Crippen LogP contribution in [-0.4, -0.2) is 15.0 Å². The summed E-state index contributed by atoms with van der Waals surface area (Å²) in [4.78, 5) is 0.239. The molecule has 0 spiro atoms. The molecule has 2 rings (SSSR count). The number of rotatable bonds is 4. The Bertz CT molecular complexity index is 481. The Morgan fingerprint density at radius 2 is 2.00 bits per heavy atom. The molecule has 1 aromatic rings. The zero-order valence-corrected chi connectivity index (χ0v) is 11.1. The molecule has 5 heteroatoms. The molecule has 1 aliphatic carbocycles. The molecule has 1 N–H and O–H groups in total. The monoisotopic (exact) mass is 273 g/mol. The van der Waals surface area contributed by atoms with Crippen molar-refractivity contribution in [1.82, 2.24) is 4.72 Å². The maximum absolute atomic E-state index is 12.0. The molecule has 3 nitrogen and oxygen atoms in total. The van der Waals surface area contributed by atoms with Gasteiger partial charge in [-0.05, 0) is 37.0 Å². The van der Waals surface area contributed by atoms with E-state index in [1.54, 1.807) is 18.2 Å². The van der Waals surface area contributed by atoms with Crippen LogP contribution in [-0.2, 0) is 10.0 Å². The van der Waals surface area contributed by atoms with E-state index in [0.29, 0.717) is 17.5 Å². The van der Waals surface area contributed by atoms with E-state index in [4.69, 9.17) is 11.6 Å². The van der Waals surface area contributed by atoms with Gasteiger partial charge in [-0.3, -0.25) is 0 Å². The molecule has 0 heterocycles. The lowest BCUT2D eigenvalue weighted by Crippen LogP contribution is -2.28. The maximum Gasteiger partial charge on any atom is 0.240 e. The SMILES string of the molecule is O=S(=O)(NCC1CCCC1)c1cccc(Cl)c1. The van der Waals surface area contributed by atoms with Gasteiger partial charge < -0.3 is 0 Å². The molecule has 1 aliphatic rings. The minimum absolute atomic E-state index is 0.239. The van der Waals surface area contributed by atoms with Crippen molar-refractivity contribution in [3.63, 3.8) is 0 Å². The smallest absolute Gasteiger partial charge is 0.211 e. The van der Waals surface area contributed by atoms with Crippen LogP contribution in [0.2, 0.25) is 5.02 Å². The fraction of sp³-hybridized carbons (Fsp3) is 0.500. The summed E-state index contributed by atoms with van der Waals surface area (Å²) in [6.45, 7) is 0.537. The van der Waals surface area contributed by atoms with E-state index in [1.807, 2.05) is 0 Å². The van der Waals surface area contributed by atoms with Crippen molar-refractivity contribution in [1.29, 1.82) is 0 Å². The standard InChI is InChI=1S/C12H16ClNO2S/c13-11-6-3-7-12(8-11)17(15,16)14-9-10-4-1-2-5-10/h3,6-8,10,14H,1-2,4-5,9H2. The van der Waals surface area contributed by atoms with E-state index in [2.05, 4.69) is 4.72 Å². The average molecular weight is 274 g/mol. The van der Waals surface area contributed by atoms with Crippen LogP contribution in [0.25, 0.3) is 0 Å². The number of hydrogen-bond donors (Lipinski definition) is 1. The summed E-state index contributed by atoms with van der Waals surface area (Å²) in [5.74, 6) is 0.490. The zero-order valence-electron chi connectivity index (χ0n) is 9.52. The zero-order chi connectivity index (χ0) is 12.3. The third kappa shape index (κ3) is 3.44. The highest BCUT2D eigenvalue weighted by Gasteiger charge is 2.19. The summed E-state index contributed by atoms with van der Waals surface area (Å²) < 4.78 is 26.6. The average Bonchev–Trinajstić information content (AvgIpc) is 2.79. The maximum atomic E-state index is 12.0. The van der Waals surface area contributed by atoms with Crippen LogP contribution in [0.1, 0.15) is 25.7 Å². The first-order valence-corrected chi connectivity index (χ1v) is 7.69. The molecule has 0 atom stereocenters. The van der Waals surface area contributed by atoms with Gasteiger partial charge in [-0.15, -0.1) is 0 Å². The van der Waals surface area contributed by atoms with Crippen LogP contribution in [0, 0.1) is 5.92 Å². The largest absolute Gasteiger partial charge is 0.240 e. The third-order valence-corrected chi connectivity index (χ3v) is 4.80. The third-order valence-electron chi connectivity index (χ3n) is 3.14. The Morgan fingerprint density at radius 1 is 1.29 bits per heavy atom. The molecule has 0 unspecified atom stereocenters. The topological polar surface area (TPSA) is 46.2 Å². The molecule has 1 fully saturated rings. The van der Waals surface area contributed by atoms with Crippen LogP contribution in [0.5, 0.6) is 0 Å². The Balaban J connectivity index is 2.03. The lowest BCUT2D eigenvalue weighted by molar-refractivity contribution is 0.519. The van der Waals surface area contributed by atoms with Gasteiger partial charge in [0.2, 0.25) is 10.0 Å². The number of hydrogen-bond acceptors (Lipinski definition) is 2. The van der Waals surface area contributed by atoms with Gasteiger partial charge in [0.25, 0.3) is 0 Å². The van der Waals surface area contributed by atoms with Crippen LogP contribution >= 0.6 is 11.6 Å². The van der Waals surface area contributed by atoms with Gasteiger partial charge in [-0.1, -0.05) is 30.5 Å². The van der Waals surface area contributed by atoms with Crippen LogP contribution in [0.4, 0.5) is 0 Å². The summed E-state index contributed by atoms with van der Waals surface area (Å²) in [5.41, 5.74) is 0. The number of halogens is 1. The number of nitrogens with one attached hydrogen (secondary N) is 1. The normalized spacial score (nSPS) is 17.5. The molecule has 0 radical (unpaired) electrons. The molecule has 94 valence electrons. The van der Waals surface area contributed by atoms with E-state index < -0.39 is 10.0 Å². The van der Waals surface area contributed by atoms with Crippen LogP contribution < -0.4 is 4.72 Å². The fourth-order valence-electron chi connectivity index (χ4n) is 2.16. The molecule has 0 saturated heterocycles. The summed E-state index contributed by atoms with van der Waals surface area (Å²) >= 11 is 5.79. The summed E-state index contributed by atoms with van der Waals surface area (Å²) in [7, 11) is -3.40. The van der Waals surface area contributed by atoms with Crippen molar-refractivity contribution in [2.75, 3.05) is 6.54 Å². The van der Waals surface area contributed by atoms with E-state index in [9.17, 15) is 8.42 Å². The van der Waals surface area contributed by atoms with Gasteiger partial charge in [0.1, 0.15) is 0 Å². The first-order chi connectivity index (χ1) is 8.08. The molecular formula is C12H16ClNO2S. The minimum Gasteiger partial charge on any atom is -0.211 e. The highest BCUT2D eigenvalue weighted by atomic mass is 35.5.